The fraction of sp³-hybridized carbons (Fsp3) is 0.750. The van der Waals surface area contributed by atoms with E-state index >= 15 is 0 Å². The third kappa shape index (κ3) is 4.10. The summed E-state index contributed by atoms with van der Waals surface area (Å²) in [6, 6.07) is 0.362. The van der Waals surface area contributed by atoms with Gasteiger partial charge in [-0.3, -0.25) is 9.59 Å². The Morgan fingerprint density at radius 3 is 2.54 bits per heavy atom. The molecular formula is C20H32N4O2. The topological polar surface area (TPSA) is 67.2 Å². The van der Waals surface area contributed by atoms with Gasteiger partial charge in [0.05, 0.1) is 17.9 Å². The minimum Gasteiger partial charge on any atom is -0.353 e. The molecule has 0 aromatic carbocycles. The molecule has 1 saturated carbocycles. The summed E-state index contributed by atoms with van der Waals surface area (Å²) in [7, 11) is 0. The van der Waals surface area contributed by atoms with Gasteiger partial charge >= 0.3 is 0 Å². The van der Waals surface area contributed by atoms with Crippen LogP contribution in [0.1, 0.15) is 75.0 Å². The van der Waals surface area contributed by atoms with Gasteiger partial charge in [-0.25, -0.2) is 4.98 Å². The maximum absolute atomic E-state index is 12.9. The number of carbonyl (C=O) groups excluding carboxylic acids is 2. The van der Waals surface area contributed by atoms with Crippen LogP contribution in [0.15, 0.2) is 6.33 Å². The Labute approximate surface area is 156 Å². The second-order valence-corrected chi connectivity index (χ2v) is 7.71. The van der Waals surface area contributed by atoms with Crippen molar-refractivity contribution in [2.45, 2.75) is 77.8 Å². The first kappa shape index (κ1) is 18.9. The predicted molar refractivity (Wildman–Crippen MR) is 101 cm³/mol. The fourth-order valence-electron chi connectivity index (χ4n) is 4.25. The Kier molecular flexibility index (Phi) is 6.33. The van der Waals surface area contributed by atoms with Crippen LogP contribution >= 0.6 is 0 Å². The van der Waals surface area contributed by atoms with Crippen LogP contribution in [0.5, 0.6) is 0 Å². The summed E-state index contributed by atoms with van der Waals surface area (Å²) < 4.78 is 2.02. The average Bonchev–Trinajstić information content (AvgIpc) is 3.29. The van der Waals surface area contributed by atoms with Crippen molar-refractivity contribution in [3.63, 3.8) is 0 Å². The number of imidazole rings is 1. The fourth-order valence-corrected chi connectivity index (χ4v) is 4.25. The van der Waals surface area contributed by atoms with Gasteiger partial charge in [-0.05, 0) is 38.5 Å². The highest BCUT2D eigenvalue weighted by Gasteiger charge is 2.31. The van der Waals surface area contributed by atoms with E-state index in [9.17, 15) is 9.59 Å². The summed E-state index contributed by atoms with van der Waals surface area (Å²) in [6.07, 6.45) is 9.85. The molecule has 1 N–H and O–H groups in total. The summed E-state index contributed by atoms with van der Waals surface area (Å²) >= 11 is 0. The number of carbonyl (C=O) groups is 2. The number of rotatable bonds is 7. The highest BCUT2D eigenvalue weighted by molar-refractivity contribution is 5.93. The van der Waals surface area contributed by atoms with Crippen molar-refractivity contribution in [2.75, 3.05) is 13.1 Å². The molecule has 2 amide bonds. The molecule has 26 heavy (non-hydrogen) atoms. The van der Waals surface area contributed by atoms with Gasteiger partial charge in [0.1, 0.15) is 5.69 Å². The van der Waals surface area contributed by atoms with E-state index < -0.39 is 0 Å². The van der Waals surface area contributed by atoms with E-state index in [1.807, 2.05) is 9.47 Å². The highest BCUT2D eigenvalue weighted by Crippen LogP contribution is 2.25. The molecule has 2 heterocycles. The van der Waals surface area contributed by atoms with Crippen LogP contribution in [0.4, 0.5) is 0 Å². The Morgan fingerprint density at radius 1 is 1.19 bits per heavy atom. The lowest BCUT2D eigenvalue weighted by Crippen LogP contribution is -2.40. The third-order valence-corrected chi connectivity index (χ3v) is 5.64. The first-order chi connectivity index (χ1) is 12.6. The SMILES string of the molecule is CCCN(CCC)C(=O)c1ncn2c1CCC(C(=O)NC1CCCC1)C2. The Hall–Kier alpha value is -1.85. The Morgan fingerprint density at radius 2 is 1.88 bits per heavy atom. The number of nitrogens with zero attached hydrogens (tertiary/aromatic N) is 3. The second-order valence-electron chi connectivity index (χ2n) is 7.71. The lowest BCUT2D eigenvalue weighted by Gasteiger charge is -2.26. The van der Waals surface area contributed by atoms with Gasteiger partial charge in [-0.1, -0.05) is 26.7 Å². The Bertz CT molecular complexity index is 628. The van der Waals surface area contributed by atoms with E-state index in [0.717, 1.165) is 57.3 Å². The molecule has 0 spiro atoms. The number of fused-ring (bicyclic) bond motifs is 1. The number of nitrogens with one attached hydrogen (secondary N) is 1. The van der Waals surface area contributed by atoms with Gasteiger partial charge < -0.3 is 14.8 Å². The number of amides is 2. The van der Waals surface area contributed by atoms with Crippen molar-refractivity contribution in [1.29, 1.82) is 0 Å². The molecule has 0 bridgehead atoms. The van der Waals surface area contributed by atoms with Crippen molar-refractivity contribution in [2.24, 2.45) is 5.92 Å². The molecule has 1 aromatic rings. The van der Waals surface area contributed by atoms with Crippen molar-refractivity contribution < 1.29 is 9.59 Å². The maximum atomic E-state index is 12.9. The monoisotopic (exact) mass is 360 g/mol. The van der Waals surface area contributed by atoms with Crippen molar-refractivity contribution in [3.8, 4) is 0 Å². The Balaban J connectivity index is 1.65. The van der Waals surface area contributed by atoms with Gasteiger partial charge in [-0.2, -0.15) is 0 Å². The molecule has 1 unspecified atom stereocenters. The zero-order valence-corrected chi connectivity index (χ0v) is 16.2. The highest BCUT2D eigenvalue weighted by atomic mass is 16.2. The number of aromatic nitrogens is 2. The van der Waals surface area contributed by atoms with Crippen molar-refractivity contribution in [1.82, 2.24) is 19.8 Å². The largest absolute Gasteiger partial charge is 0.353 e. The molecule has 1 fully saturated rings. The van der Waals surface area contributed by atoms with E-state index in [1.54, 1.807) is 6.33 Å². The predicted octanol–water partition coefficient (Wildman–Crippen LogP) is 2.77. The molecule has 1 atom stereocenters. The van der Waals surface area contributed by atoms with E-state index in [2.05, 4.69) is 24.1 Å². The van der Waals surface area contributed by atoms with Crippen molar-refractivity contribution >= 4 is 11.8 Å². The summed E-state index contributed by atoms with van der Waals surface area (Å²) in [4.78, 5) is 31.8. The third-order valence-electron chi connectivity index (χ3n) is 5.64. The first-order valence-electron chi connectivity index (χ1n) is 10.3. The minimum absolute atomic E-state index is 0.0114. The molecular weight excluding hydrogens is 328 g/mol. The second kappa shape index (κ2) is 8.69. The standard InChI is InChI=1S/C20H32N4O2/c1-3-11-23(12-4-2)20(26)18-17-10-9-15(13-24(17)14-21-18)19(25)22-16-7-5-6-8-16/h14-16H,3-13H2,1-2H3,(H,22,25). The molecule has 1 aliphatic heterocycles. The molecule has 6 nitrogen and oxygen atoms in total. The van der Waals surface area contributed by atoms with Crippen molar-refractivity contribution in [3.05, 3.63) is 17.7 Å². The minimum atomic E-state index is -0.0114. The molecule has 1 aliphatic carbocycles. The summed E-state index contributed by atoms with van der Waals surface area (Å²) in [5, 5.41) is 3.21. The molecule has 0 saturated heterocycles. The summed E-state index contributed by atoms with van der Waals surface area (Å²) in [5.74, 6) is 0.196. The normalized spacial score (nSPS) is 20.0. The van der Waals surface area contributed by atoms with Crippen LogP contribution in [-0.4, -0.2) is 45.4 Å². The van der Waals surface area contributed by atoms with Gasteiger partial charge in [0, 0.05) is 25.7 Å². The first-order valence-corrected chi connectivity index (χ1v) is 10.3. The zero-order chi connectivity index (χ0) is 18.5. The van der Waals surface area contributed by atoms with Gasteiger partial charge in [0.2, 0.25) is 5.91 Å². The quantitative estimate of drug-likeness (QED) is 0.813. The molecule has 1 aromatic heterocycles. The van der Waals surface area contributed by atoms with Gasteiger partial charge in [-0.15, -0.1) is 0 Å². The van der Waals surface area contributed by atoms with Crippen LogP contribution in [0.25, 0.3) is 0 Å². The molecule has 0 radical (unpaired) electrons. The zero-order valence-electron chi connectivity index (χ0n) is 16.2. The van der Waals surface area contributed by atoms with Crippen LogP contribution in [-0.2, 0) is 17.8 Å². The summed E-state index contributed by atoms with van der Waals surface area (Å²) in [6.45, 7) is 6.35. The number of hydrogen-bond donors (Lipinski definition) is 1. The number of hydrogen-bond acceptors (Lipinski definition) is 3. The molecule has 6 heteroatoms. The average molecular weight is 361 g/mol. The van der Waals surface area contributed by atoms with E-state index in [-0.39, 0.29) is 17.7 Å². The molecule has 2 aliphatic rings. The lowest BCUT2D eigenvalue weighted by molar-refractivity contribution is -0.126. The van der Waals surface area contributed by atoms with Crippen LogP contribution < -0.4 is 5.32 Å². The van der Waals surface area contributed by atoms with E-state index in [4.69, 9.17) is 0 Å². The van der Waals surface area contributed by atoms with Crippen LogP contribution in [0.2, 0.25) is 0 Å². The smallest absolute Gasteiger partial charge is 0.274 e. The van der Waals surface area contributed by atoms with Gasteiger partial charge in [0.25, 0.3) is 5.91 Å². The molecule has 3 rings (SSSR count). The molecule has 144 valence electrons. The van der Waals surface area contributed by atoms with E-state index in [0.29, 0.717) is 18.3 Å². The van der Waals surface area contributed by atoms with Gasteiger partial charge in [0.15, 0.2) is 0 Å². The lowest BCUT2D eigenvalue weighted by atomic mass is 9.95. The van der Waals surface area contributed by atoms with Crippen LogP contribution in [0.3, 0.4) is 0 Å². The van der Waals surface area contributed by atoms with E-state index in [1.165, 1.54) is 12.8 Å². The van der Waals surface area contributed by atoms with Crippen LogP contribution in [0, 0.1) is 5.92 Å². The summed E-state index contributed by atoms with van der Waals surface area (Å²) in [5.41, 5.74) is 1.58. The maximum Gasteiger partial charge on any atom is 0.274 e.